The number of carbonyl (C=O) groups is 1. The third-order valence-corrected chi connectivity index (χ3v) is 7.19. The molecule has 5 atom stereocenters. The molecule has 3 aliphatic carbocycles. The van der Waals surface area contributed by atoms with Gasteiger partial charge in [0.25, 0.3) is 0 Å². The number of ether oxygens (including phenoxy) is 1. The van der Waals surface area contributed by atoms with Crippen LogP contribution in [-0.2, 0) is 9.53 Å². The maximum Gasteiger partial charge on any atom is 0.302 e. The molecule has 0 aromatic carbocycles. The molecule has 0 saturated heterocycles. The summed E-state index contributed by atoms with van der Waals surface area (Å²) >= 11 is 0. The molecule has 0 aliphatic heterocycles. The zero-order valence-corrected chi connectivity index (χ0v) is 13.1. The average molecular weight is 264 g/mol. The van der Waals surface area contributed by atoms with Crippen LogP contribution in [0, 0.1) is 34.0 Å². The summed E-state index contributed by atoms with van der Waals surface area (Å²) in [6.45, 7) is 11.9. The second kappa shape index (κ2) is 3.77. The van der Waals surface area contributed by atoms with Crippen LogP contribution in [0.25, 0.3) is 0 Å². The van der Waals surface area contributed by atoms with Crippen LogP contribution in [-0.4, -0.2) is 12.6 Å². The molecule has 3 rings (SSSR count). The minimum absolute atomic E-state index is 0.137. The predicted molar refractivity (Wildman–Crippen MR) is 75.6 cm³/mol. The van der Waals surface area contributed by atoms with E-state index in [0.29, 0.717) is 17.4 Å². The van der Waals surface area contributed by atoms with Gasteiger partial charge in [-0.15, -0.1) is 0 Å². The molecule has 0 N–H and O–H groups in total. The highest BCUT2D eigenvalue weighted by Gasteiger charge is 2.68. The second-order valence-electron chi connectivity index (χ2n) is 8.54. The van der Waals surface area contributed by atoms with E-state index in [1.165, 1.54) is 32.6 Å². The number of rotatable bonds is 4. The predicted octanol–water partition coefficient (Wildman–Crippen LogP) is 4.04. The number of esters is 1. The summed E-state index contributed by atoms with van der Waals surface area (Å²) in [5, 5.41) is 0. The Morgan fingerprint density at radius 2 is 1.84 bits per heavy atom. The van der Waals surface area contributed by atoms with Gasteiger partial charge >= 0.3 is 5.97 Å². The lowest BCUT2D eigenvalue weighted by molar-refractivity contribution is -0.142. The highest BCUT2D eigenvalue weighted by atomic mass is 16.5. The highest BCUT2D eigenvalue weighted by Crippen LogP contribution is 2.75. The Hall–Kier alpha value is -0.530. The summed E-state index contributed by atoms with van der Waals surface area (Å²) in [5.74, 6) is 2.51. The maximum atomic E-state index is 10.9. The van der Waals surface area contributed by atoms with Crippen LogP contribution in [0.4, 0.5) is 0 Å². The molecule has 0 amide bonds. The zero-order chi connectivity index (χ0) is 14.1. The lowest BCUT2D eigenvalue weighted by Gasteiger charge is -2.36. The van der Waals surface area contributed by atoms with Crippen molar-refractivity contribution in [3.8, 4) is 0 Å². The summed E-state index contributed by atoms with van der Waals surface area (Å²) in [6, 6.07) is 0. The summed E-state index contributed by atoms with van der Waals surface area (Å²) < 4.78 is 5.23. The number of hydrogen-bond donors (Lipinski definition) is 0. The monoisotopic (exact) mass is 264 g/mol. The van der Waals surface area contributed by atoms with Gasteiger partial charge < -0.3 is 4.74 Å². The van der Waals surface area contributed by atoms with E-state index >= 15 is 0 Å². The standard InChI is InChI=1S/C17H28O2/c1-11(18)19-10-16(4)8-13(16)6-12-7-14-9-17(14,5)15(12,2)3/h12-14H,6-10H2,1-5H3/t12?,13-,14?,16+,17?/m1/s1. The fraction of sp³-hybridized carbons (Fsp3) is 0.941. The van der Waals surface area contributed by atoms with Gasteiger partial charge in [0.15, 0.2) is 0 Å². The first-order valence-corrected chi connectivity index (χ1v) is 7.82. The highest BCUT2D eigenvalue weighted by molar-refractivity contribution is 5.65. The molecule has 3 aliphatic rings. The van der Waals surface area contributed by atoms with Crippen LogP contribution in [0.3, 0.4) is 0 Å². The Morgan fingerprint density at radius 1 is 1.16 bits per heavy atom. The van der Waals surface area contributed by atoms with Crippen LogP contribution >= 0.6 is 0 Å². The van der Waals surface area contributed by atoms with E-state index in [-0.39, 0.29) is 11.4 Å². The zero-order valence-electron chi connectivity index (χ0n) is 13.1. The van der Waals surface area contributed by atoms with Crippen LogP contribution in [0.2, 0.25) is 0 Å². The molecule has 0 aromatic heterocycles. The van der Waals surface area contributed by atoms with Crippen LogP contribution in [0.15, 0.2) is 0 Å². The molecule has 0 bridgehead atoms. The van der Waals surface area contributed by atoms with Gasteiger partial charge in [-0.3, -0.25) is 4.79 Å². The molecular weight excluding hydrogens is 236 g/mol. The normalized spacial score (nSPS) is 49.6. The van der Waals surface area contributed by atoms with E-state index in [1.807, 2.05) is 0 Å². The molecule has 3 unspecified atom stereocenters. The van der Waals surface area contributed by atoms with E-state index in [4.69, 9.17) is 4.74 Å². The van der Waals surface area contributed by atoms with E-state index in [1.54, 1.807) is 0 Å². The summed E-state index contributed by atoms with van der Waals surface area (Å²) in [5.41, 5.74) is 1.40. The van der Waals surface area contributed by atoms with Gasteiger partial charge in [-0.2, -0.15) is 0 Å². The molecule has 2 nitrogen and oxygen atoms in total. The third-order valence-electron chi connectivity index (χ3n) is 7.19. The van der Waals surface area contributed by atoms with Crippen LogP contribution in [0.5, 0.6) is 0 Å². The van der Waals surface area contributed by atoms with Gasteiger partial charge in [-0.25, -0.2) is 0 Å². The van der Waals surface area contributed by atoms with E-state index < -0.39 is 0 Å². The van der Waals surface area contributed by atoms with Crippen LogP contribution < -0.4 is 0 Å². The van der Waals surface area contributed by atoms with Gasteiger partial charge in [0.2, 0.25) is 0 Å². The first-order chi connectivity index (χ1) is 8.69. The molecule has 2 heteroatoms. The number of hydrogen-bond acceptors (Lipinski definition) is 2. The fourth-order valence-corrected chi connectivity index (χ4v) is 4.74. The van der Waals surface area contributed by atoms with Crippen molar-refractivity contribution in [1.82, 2.24) is 0 Å². The molecule has 0 heterocycles. The van der Waals surface area contributed by atoms with Gasteiger partial charge in [-0.05, 0) is 54.3 Å². The minimum atomic E-state index is -0.137. The Morgan fingerprint density at radius 3 is 2.37 bits per heavy atom. The number of fused-ring (bicyclic) bond motifs is 1. The lowest BCUT2D eigenvalue weighted by atomic mass is 9.69. The summed E-state index contributed by atoms with van der Waals surface area (Å²) in [7, 11) is 0. The van der Waals surface area contributed by atoms with Gasteiger partial charge in [0.1, 0.15) is 0 Å². The van der Waals surface area contributed by atoms with E-state index in [0.717, 1.165) is 17.8 Å². The summed E-state index contributed by atoms with van der Waals surface area (Å²) in [6.07, 6.45) is 5.47. The number of carbonyl (C=O) groups excluding carboxylic acids is 1. The van der Waals surface area contributed by atoms with Crippen molar-refractivity contribution in [3.63, 3.8) is 0 Å². The van der Waals surface area contributed by atoms with Gasteiger partial charge in [-0.1, -0.05) is 27.7 Å². The van der Waals surface area contributed by atoms with Gasteiger partial charge in [0.05, 0.1) is 6.61 Å². The molecule has 0 radical (unpaired) electrons. The van der Waals surface area contributed by atoms with Crippen molar-refractivity contribution >= 4 is 5.97 Å². The van der Waals surface area contributed by atoms with Crippen LogP contribution in [0.1, 0.15) is 60.3 Å². The van der Waals surface area contributed by atoms with Crippen molar-refractivity contribution in [1.29, 1.82) is 0 Å². The average Bonchev–Trinajstić information content (AvgIpc) is 3.12. The Kier molecular flexibility index (Phi) is 2.67. The Balaban J connectivity index is 1.56. The van der Waals surface area contributed by atoms with Crippen molar-refractivity contribution in [2.75, 3.05) is 6.61 Å². The second-order valence-corrected chi connectivity index (χ2v) is 8.54. The molecule has 0 spiro atoms. The van der Waals surface area contributed by atoms with Crippen molar-refractivity contribution in [2.45, 2.75) is 60.3 Å². The Bertz CT molecular complexity index is 413. The largest absolute Gasteiger partial charge is 0.465 e. The quantitative estimate of drug-likeness (QED) is 0.716. The SMILES string of the molecule is CC(=O)OC[C@]1(C)C[C@H]1CC1CC2CC2(C)C1(C)C. The molecule has 3 saturated carbocycles. The first kappa shape index (κ1) is 13.5. The van der Waals surface area contributed by atoms with E-state index in [9.17, 15) is 4.79 Å². The molecule has 3 fully saturated rings. The third kappa shape index (κ3) is 1.94. The molecular formula is C17H28O2. The van der Waals surface area contributed by atoms with Gasteiger partial charge in [0, 0.05) is 12.3 Å². The fourth-order valence-electron chi connectivity index (χ4n) is 4.74. The first-order valence-electron chi connectivity index (χ1n) is 7.82. The molecule has 19 heavy (non-hydrogen) atoms. The maximum absolute atomic E-state index is 10.9. The molecule has 0 aromatic rings. The van der Waals surface area contributed by atoms with Crippen molar-refractivity contribution in [3.05, 3.63) is 0 Å². The topological polar surface area (TPSA) is 26.3 Å². The van der Waals surface area contributed by atoms with Crippen molar-refractivity contribution < 1.29 is 9.53 Å². The Labute approximate surface area is 117 Å². The minimum Gasteiger partial charge on any atom is -0.465 e. The smallest absolute Gasteiger partial charge is 0.302 e. The van der Waals surface area contributed by atoms with Crippen molar-refractivity contribution in [2.24, 2.45) is 34.0 Å². The van der Waals surface area contributed by atoms with E-state index in [2.05, 4.69) is 27.7 Å². The molecule has 108 valence electrons. The lowest BCUT2D eigenvalue weighted by Crippen LogP contribution is -2.28. The summed E-state index contributed by atoms with van der Waals surface area (Å²) in [4.78, 5) is 10.9.